The van der Waals surface area contributed by atoms with Crippen molar-refractivity contribution in [3.8, 4) is 0 Å². The first-order chi connectivity index (χ1) is 9.18. The zero-order valence-electron chi connectivity index (χ0n) is 10.3. The molecule has 2 aromatic carbocycles. The fourth-order valence-corrected chi connectivity index (χ4v) is 2.88. The number of aryl methyl sites for hydroxylation is 1. The molecule has 0 bridgehead atoms. The third-order valence-corrected chi connectivity index (χ3v) is 3.86. The Kier molecular flexibility index (Phi) is 3.07. The molecule has 1 aliphatic rings. The molecule has 2 unspecified atom stereocenters. The van der Waals surface area contributed by atoms with Gasteiger partial charge in [-0.05, 0) is 30.0 Å². The van der Waals surface area contributed by atoms with Crippen LogP contribution in [0.1, 0.15) is 35.1 Å². The van der Waals surface area contributed by atoms with E-state index in [-0.39, 0.29) is 11.5 Å². The highest BCUT2D eigenvalue weighted by Crippen LogP contribution is 2.42. The molecule has 2 atom stereocenters. The second-order valence-corrected chi connectivity index (χ2v) is 4.93. The maximum Gasteiger partial charge on any atom is 0.164 e. The van der Waals surface area contributed by atoms with Crippen molar-refractivity contribution in [1.82, 2.24) is 0 Å². The fourth-order valence-electron chi connectivity index (χ4n) is 2.88. The lowest BCUT2D eigenvalue weighted by molar-refractivity contribution is 0.139. The highest BCUT2D eigenvalue weighted by molar-refractivity contribution is 5.37. The van der Waals surface area contributed by atoms with Crippen LogP contribution in [0.5, 0.6) is 0 Å². The zero-order valence-corrected chi connectivity index (χ0v) is 10.3. The lowest BCUT2D eigenvalue weighted by Crippen LogP contribution is -2.10. The van der Waals surface area contributed by atoms with Gasteiger partial charge in [-0.1, -0.05) is 36.4 Å². The molecule has 0 aromatic heterocycles. The van der Waals surface area contributed by atoms with E-state index in [1.807, 2.05) is 24.3 Å². The minimum Gasteiger partial charge on any atom is -0.388 e. The monoisotopic (exact) mass is 260 g/mol. The van der Waals surface area contributed by atoms with Gasteiger partial charge in [0.2, 0.25) is 0 Å². The third-order valence-electron chi connectivity index (χ3n) is 3.86. The Morgan fingerprint density at radius 3 is 2.68 bits per heavy atom. The molecule has 0 heterocycles. The lowest BCUT2D eigenvalue weighted by Gasteiger charge is -2.20. The maximum atomic E-state index is 13.7. The van der Waals surface area contributed by atoms with Crippen LogP contribution >= 0.6 is 0 Å². The van der Waals surface area contributed by atoms with Crippen LogP contribution in [0.2, 0.25) is 0 Å². The molecule has 0 fully saturated rings. The molecule has 1 aliphatic carbocycles. The van der Waals surface area contributed by atoms with Crippen molar-refractivity contribution in [3.63, 3.8) is 0 Å². The van der Waals surface area contributed by atoms with Gasteiger partial charge < -0.3 is 5.11 Å². The molecule has 3 rings (SSSR count). The van der Waals surface area contributed by atoms with Gasteiger partial charge in [-0.25, -0.2) is 8.78 Å². The molecular formula is C16H14F2O. The van der Waals surface area contributed by atoms with Crippen molar-refractivity contribution >= 4 is 0 Å². The van der Waals surface area contributed by atoms with Crippen LogP contribution in [0, 0.1) is 11.6 Å². The number of hydrogen-bond acceptors (Lipinski definition) is 1. The summed E-state index contributed by atoms with van der Waals surface area (Å²) >= 11 is 0. The highest BCUT2D eigenvalue weighted by Gasteiger charge is 2.31. The van der Waals surface area contributed by atoms with Gasteiger partial charge in [-0.3, -0.25) is 0 Å². The van der Waals surface area contributed by atoms with E-state index in [4.69, 9.17) is 0 Å². The molecule has 98 valence electrons. The van der Waals surface area contributed by atoms with Crippen molar-refractivity contribution < 1.29 is 13.9 Å². The summed E-state index contributed by atoms with van der Waals surface area (Å²) in [7, 11) is 0. The molecule has 0 saturated heterocycles. The third kappa shape index (κ3) is 2.04. The predicted octanol–water partition coefficient (Wildman–Crippen LogP) is 3.73. The number of benzene rings is 2. The first-order valence-corrected chi connectivity index (χ1v) is 6.38. The molecule has 0 saturated carbocycles. The second-order valence-electron chi connectivity index (χ2n) is 4.93. The Hall–Kier alpha value is -1.74. The number of halogens is 2. The van der Waals surface area contributed by atoms with Gasteiger partial charge in [-0.15, -0.1) is 0 Å². The van der Waals surface area contributed by atoms with Gasteiger partial charge in [0.05, 0.1) is 6.10 Å². The number of aliphatic hydroxyl groups is 1. The minimum absolute atomic E-state index is 0.0432. The van der Waals surface area contributed by atoms with Crippen LogP contribution < -0.4 is 0 Å². The predicted molar refractivity (Wildman–Crippen MR) is 68.8 cm³/mol. The van der Waals surface area contributed by atoms with Crippen molar-refractivity contribution in [2.24, 2.45) is 0 Å². The van der Waals surface area contributed by atoms with Gasteiger partial charge in [0, 0.05) is 11.5 Å². The van der Waals surface area contributed by atoms with Crippen LogP contribution in [0.25, 0.3) is 0 Å². The van der Waals surface area contributed by atoms with Gasteiger partial charge in [0.1, 0.15) is 0 Å². The smallest absolute Gasteiger partial charge is 0.164 e. The van der Waals surface area contributed by atoms with Crippen LogP contribution in [0.4, 0.5) is 8.78 Å². The van der Waals surface area contributed by atoms with Crippen molar-refractivity contribution in [3.05, 3.63) is 70.8 Å². The standard InChI is InChI=1S/C16H14F2O/c17-14-7-3-6-13(15(14)18)16(19)12-9-8-10-4-1-2-5-11(10)12/h1-7,12,16,19H,8-9H2. The number of rotatable bonds is 2. The Balaban J connectivity index is 1.98. The van der Waals surface area contributed by atoms with Gasteiger partial charge in [0.25, 0.3) is 0 Å². The largest absolute Gasteiger partial charge is 0.388 e. The van der Waals surface area contributed by atoms with E-state index in [9.17, 15) is 13.9 Å². The number of aliphatic hydroxyl groups excluding tert-OH is 1. The molecule has 3 heteroatoms. The van der Waals surface area contributed by atoms with E-state index >= 15 is 0 Å². The van der Waals surface area contributed by atoms with Crippen molar-refractivity contribution in [1.29, 1.82) is 0 Å². The minimum atomic E-state index is -1.00. The summed E-state index contributed by atoms with van der Waals surface area (Å²) in [5.74, 6) is -2.02. The Bertz CT molecular complexity index is 609. The Morgan fingerprint density at radius 1 is 1.05 bits per heavy atom. The van der Waals surface area contributed by atoms with Gasteiger partial charge in [-0.2, -0.15) is 0 Å². The molecular weight excluding hydrogens is 246 g/mol. The zero-order chi connectivity index (χ0) is 13.4. The number of fused-ring (bicyclic) bond motifs is 1. The molecule has 1 N–H and O–H groups in total. The van der Waals surface area contributed by atoms with E-state index in [0.717, 1.165) is 24.5 Å². The SMILES string of the molecule is OC(c1cccc(F)c1F)C1CCc2ccccc21. The Morgan fingerprint density at radius 2 is 1.84 bits per heavy atom. The summed E-state index contributed by atoms with van der Waals surface area (Å²) in [5, 5.41) is 10.4. The molecule has 0 spiro atoms. The topological polar surface area (TPSA) is 20.2 Å². The molecule has 2 aromatic rings. The van der Waals surface area contributed by atoms with Gasteiger partial charge in [0.15, 0.2) is 11.6 Å². The molecule has 0 aliphatic heterocycles. The molecule has 0 amide bonds. The first-order valence-electron chi connectivity index (χ1n) is 6.38. The first kappa shape index (κ1) is 12.3. The Labute approximate surface area is 110 Å². The quantitative estimate of drug-likeness (QED) is 0.872. The maximum absolute atomic E-state index is 13.7. The van der Waals surface area contributed by atoms with Crippen LogP contribution in [0.15, 0.2) is 42.5 Å². The summed E-state index contributed by atoms with van der Waals surface area (Å²) in [6.07, 6.45) is 0.630. The summed E-state index contributed by atoms with van der Waals surface area (Å²) in [4.78, 5) is 0. The fraction of sp³-hybridized carbons (Fsp3) is 0.250. The average Bonchev–Trinajstić information content (AvgIpc) is 2.85. The van der Waals surface area contributed by atoms with Crippen molar-refractivity contribution in [2.45, 2.75) is 24.9 Å². The van der Waals surface area contributed by atoms with Gasteiger partial charge >= 0.3 is 0 Å². The summed E-state index contributed by atoms with van der Waals surface area (Å²) in [6.45, 7) is 0. The van der Waals surface area contributed by atoms with E-state index in [1.54, 1.807) is 0 Å². The lowest BCUT2D eigenvalue weighted by atomic mass is 9.90. The second kappa shape index (κ2) is 4.74. The van der Waals surface area contributed by atoms with Crippen LogP contribution in [-0.4, -0.2) is 5.11 Å². The van der Waals surface area contributed by atoms with Crippen LogP contribution in [-0.2, 0) is 6.42 Å². The van der Waals surface area contributed by atoms with E-state index in [2.05, 4.69) is 0 Å². The summed E-state index contributed by atoms with van der Waals surface area (Å²) in [6, 6.07) is 11.8. The molecule has 1 nitrogen and oxygen atoms in total. The van der Waals surface area contributed by atoms with Crippen LogP contribution in [0.3, 0.4) is 0 Å². The van der Waals surface area contributed by atoms with Crippen molar-refractivity contribution in [2.75, 3.05) is 0 Å². The van der Waals surface area contributed by atoms with E-state index < -0.39 is 17.7 Å². The molecule has 0 radical (unpaired) electrons. The normalized spacial score (nSPS) is 19.2. The number of hydrogen-bond donors (Lipinski definition) is 1. The summed E-state index contributed by atoms with van der Waals surface area (Å²) in [5.41, 5.74) is 2.27. The highest BCUT2D eigenvalue weighted by atomic mass is 19.2. The molecule has 19 heavy (non-hydrogen) atoms. The van der Waals surface area contributed by atoms with E-state index in [1.165, 1.54) is 17.7 Å². The summed E-state index contributed by atoms with van der Waals surface area (Å²) < 4.78 is 27.0. The van der Waals surface area contributed by atoms with E-state index in [0.29, 0.717) is 0 Å². The average molecular weight is 260 g/mol.